The van der Waals surface area contributed by atoms with E-state index in [1.807, 2.05) is 0 Å². The molecule has 1 heterocycles. The van der Waals surface area contributed by atoms with Crippen LogP contribution in [0.15, 0.2) is 24.4 Å². The molecule has 0 saturated heterocycles. The highest BCUT2D eigenvalue weighted by molar-refractivity contribution is 6.33. The number of aliphatic carboxylic acids is 1. The average molecular weight is 442 g/mol. The third kappa shape index (κ3) is 5.39. The van der Waals surface area contributed by atoms with Crippen molar-refractivity contribution in [3.63, 3.8) is 0 Å². The quantitative estimate of drug-likeness (QED) is 0.630. The van der Waals surface area contributed by atoms with Gasteiger partial charge in [0, 0.05) is 36.9 Å². The number of hydrogen-bond acceptors (Lipinski definition) is 5. The molecule has 30 heavy (non-hydrogen) atoms. The molecule has 2 N–H and O–H groups in total. The summed E-state index contributed by atoms with van der Waals surface area (Å²) in [5, 5.41) is 20.4. The lowest BCUT2D eigenvalue weighted by molar-refractivity contribution is -0.141. The van der Waals surface area contributed by atoms with E-state index >= 15 is 0 Å². The van der Waals surface area contributed by atoms with Crippen LogP contribution >= 0.6 is 11.6 Å². The Morgan fingerprint density at radius 2 is 2.00 bits per heavy atom. The molecule has 11 heteroatoms. The maximum absolute atomic E-state index is 12.9. The highest BCUT2D eigenvalue weighted by Gasteiger charge is 2.33. The molecule has 0 spiro atoms. The molecule has 1 aromatic heterocycles. The maximum Gasteiger partial charge on any atom is 0.433 e. The third-order valence-corrected chi connectivity index (χ3v) is 4.25. The Balaban J connectivity index is 2.50. The van der Waals surface area contributed by atoms with Gasteiger partial charge < -0.3 is 15.2 Å². The number of carbonyl (C=O) groups is 2. The maximum atomic E-state index is 12.9. The van der Waals surface area contributed by atoms with E-state index in [1.54, 1.807) is 6.07 Å². The first kappa shape index (κ1) is 23.0. The molecule has 0 aliphatic rings. The lowest BCUT2D eigenvalue weighted by Crippen LogP contribution is -2.19. The van der Waals surface area contributed by atoms with Crippen molar-refractivity contribution in [3.8, 4) is 22.9 Å². The monoisotopic (exact) mass is 441 g/mol. The number of pyridine rings is 1. The van der Waals surface area contributed by atoms with Gasteiger partial charge in [-0.25, -0.2) is 0 Å². The number of rotatable bonds is 7. The minimum Gasteiger partial charge on any atom is -0.493 e. The molecule has 0 saturated carbocycles. The molecule has 1 aromatic carbocycles. The van der Waals surface area contributed by atoms with Crippen molar-refractivity contribution in [1.82, 2.24) is 10.3 Å². The van der Waals surface area contributed by atoms with Gasteiger partial charge in [0.2, 0.25) is 0 Å². The van der Waals surface area contributed by atoms with Crippen LogP contribution in [-0.4, -0.2) is 35.6 Å². The number of hydrogen-bond donors (Lipinski definition) is 2. The van der Waals surface area contributed by atoms with Gasteiger partial charge in [0.05, 0.1) is 28.8 Å². The summed E-state index contributed by atoms with van der Waals surface area (Å²) in [5.74, 6) is -1.51. The standard InChI is InChI=1S/C19H15ClF3N3O4/c1-25-18(29)12-6-11(14(20)7-15(12)30-4-2-3-17(27)28)13-9-26-16(19(21,22)23)5-10(13)8-24/h5-7,9H,2-4H2,1H3,(H,25,29)(H,27,28). The fourth-order valence-electron chi connectivity index (χ4n) is 2.52. The predicted molar refractivity (Wildman–Crippen MR) is 100 cm³/mol. The van der Waals surface area contributed by atoms with E-state index in [0.29, 0.717) is 6.07 Å². The van der Waals surface area contributed by atoms with Gasteiger partial charge in [-0.3, -0.25) is 14.6 Å². The summed E-state index contributed by atoms with van der Waals surface area (Å²) in [7, 11) is 1.37. The number of nitrogens with one attached hydrogen (secondary N) is 1. The molecule has 2 aromatic rings. The fourth-order valence-corrected chi connectivity index (χ4v) is 2.77. The van der Waals surface area contributed by atoms with Crippen molar-refractivity contribution in [3.05, 3.63) is 46.2 Å². The molecule has 0 aliphatic carbocycles. The number of ether oxygens (including phenoxy) is 1. The molecule has 0 unspecified atom stereocenters. The Kier molecular flexibility index (Phi) is 7.24. The zero-order chi connectivity index (χ0) is 22.5. The highest BCUT2D eigenvalue weighted by Crippen LogP contribution is 2.37. The number of amides is 1. The largest absolute Gasteiger partial charge is 0.493 e. The predicted octanol–water partition coefficient (Wildman–Crippen LogP) is 3.90. The summed E-state index contributed by atoms with van der Waals surface area (Å²) in [6, 6.07) is 4.83. The second-order valence-electron chi connectivity index (χ2n) is 5.98. The van der Waals surface area contributed by atoms with Crippen molar-refractivity contribution < 1.29 is 32.6 Å². The molecule has 2 rings (SSSR count). The molecule has 0 fully saturated rings. The second-order valence-corrected chi connectivity index (χ2v) is 6.38. The number of carbonyl (C=O) groups excluding carboxylic acids is 1. The van der Waals surface area contributed by atoms with E-state index in [0.717, 1.165) is 6.20 Å². The van der Waals surface area contributed by atoms with Crippen LogP contribution in [-0.2, 0) is 11.0 Å². The molecule has 7 nitrogen and oxygen atoms in total. The average Bonchev–Trinajstić information content (AvgIpc) is 2.69. The van der Waals surface area contributed by atoms with Gasteiger partial charge in [0.25, 0.3) is 5.91 Å². The number of benzene rings is 1. The second kappa shape index (κ2) is 9.45. The van der Waals surface area contributed by atoms with Gasteiger partial charge >= 0.3 is 12.1 Å². The number of nitrogens with zero attached hydrogens (tertiary/aromatic N) is 2. The van der Waals surface area contributed by atoms with Crippen LogP contribution in [0.5, 0.6) is 5.75 Å². The van der Waals surface area contributed by atoms with E-state index in [-0.39, 0.29) is 52.5 Å². The van der Waals surface area contributed by atoms with Gasteiger partial charge in [0.1, 0.15) is 11.4 Å². The minimum atomic E-state index is -4.73. The molecule has 158 valence electrons. The first-order chi connectivity index (χ1) is 14.1. The molecular formula is C19H15ClF3N3O4. The molecular weight excluding hydrogens is 427 g/mol. The van der Waals surface area contributed by atoms with Crippen molar-refractivity contribution in [2.24, 2.45) is 0 Å². The van der Waals surface area contributed by atoms with Crippen LogP contribution in [0, 0.1) is 11.3 Å². The van der Waals surface area contributed by atoms with Crippen LogP contribution in [0.2, 0.25) is 5.02 Å². The molecule has 1 amide bonds. The van der Waals surface area contributed by atoms with Crippen molar-refractivity contribution >= 4 is 23.5 Å². The van der Waals surface area contributed by atoms with E-state index in [4.69, 9.17) is 21.4 Å². The Bertz CT molecular complexity index is 1020. The molecule has 0 radical (unpaired) electrons. The smallest absolute Gasteiger partial charge is 0.433 e. The summed E-state index contributed by atoms with van der Waals surface area (Å²) in [4.78, 5) is 26.2. The molecule has 0 bridgehead atoms. The van der Waals surface area contributed by atoms with Crippen LogP contribution in [0.3, 0.4) is 0 Å². The van der Waals surface area contributed by atoms with Crippen molar-refractivity contribution in [2.45, 2.75) is 19.0 Å². The number of carboxylic acids is 1. The molecule has 0 aliphatic heterocycles. The van der Waals surface area contributed by atoms with Crippen molar-refractivity contribution in [1.29, 1.82) is 5.26 Å². The molecule has 0 atom stereocenters. The van der Waals surface area contributed by atoms with E-state index in [9.17, 15) is 28.0 Å². The zero-order valence-corrected chi connectivity index (χ0v) is 16.3. The first-order valence-electron chi connectivity index (χ1n) is 8.46. The lowest BCUT2D eigenvalue weighted by atomic mass is 9.98. The first-order valence-corrected chi connectivity index (χ1v) is 8.84. The summed E-state index contributed by atoms with van der Waals surface area (Å²) < 4.78 is 44.1. The number of halogens is 4. The van der Waals surface area contributed by atoms with Crippen molar-refractivity contribution in [2.75, 3.05) is 13.7 Å². The number of alkyl halides is 3. The van der Waals surface area contributed by atoms with Crippen LogP contribution < -0.4 is 10.1 Å². The summed E-state index contributed by atoms with van der Waals surface area (Å²) in [6.45, 7) is -0.00273. The van der Waals surface area contributed by atoms with Crippen LogP contribution in [0.4, 0.5) is 13.2 Å². The zero-order valence-electron chi connectivity index (χ0n) is 15.5. The lowest BCUT2D eigenvalue weighted by Gasteiger charge is -2.15. The van der Waals surface area contributed by atoms with E-state index in [1.165, 1.54) is 19.2 Å². The number of aromatic nitrogens is 1. The Labute approximate surface area is 174 Å². The number of nitriles is 1. The Morgan fingerprint density at radius 3 is 2.57 bits per heavy atom. The minimum absolute atomic E-state index is 0.00273. The third-order valence-electron chi connectivity index (χ3n) is 3.94. The van der Waals surface area contributed by atoms with Gasteiger partial charge in [-0.05, 0) is 18.6 Å². The highest BCUT2D eigenvalue weighted by atomic mass is 35.5. The number of carboxylic acid groups (broad SMARTS) is 1. The fraction of sp³-hybridized carbons (Fsp3) is 0.263. The van der Waals surface area contributed by atoms with Gasteiger partial charge in [-0.2, -0.15) is 18.4 Å². The SMILES string of the molecule is CNC(=O)c1cc(-c2cnc(C(F)(F)F)cc2C#N)c(Cl)cc1OCCCC(=O)O. The summed E-state index contributed by atoms with van der Waals surface area (Å²) in [5.41, 5.74) is -1.42. The summed E-state index contributed by atoms with van der Waals surface area (Å²) >= 11 is 6.24. The van der Waals surface area contributed by atoms with Gasteiger partial charge in [-0.1, -0.05) is 11.6 Å². The van der Waals surface area contributed by atoms with E-state index in [2.05, 4.69) is 10.3 Å². The normalized spacial score (nSPS) is 10.9. The van der Waals surface area contributed by atoms with Gasteiger partial charge in [-0.15, -0.1) is 0 Å². The van der Waals surface area contributed by atoms with E-state index < -0.39 is 23.7 Å². The van der Waals surface area contributed by atoms with Gasteiger partial charge in [0.15, 0.2) is 0 Å². The van der Waals surface area contributed by atoms with Crippen LogP contribution in [0.25, 0.3) is 11.1 Å². The summed E-state index contributed by atoms with van der Waals surface area (Å²) in [6.07, 6.45) is -3.81. The Hall–Kier alpha value is -3.32. The van der Waals surface area contributed by atoms with Crippen LogP contribution in [0.1, 0.15) is 34.5 Å². The topological polar surface area (TPSA) is 112 Å². The Morgan fingerprint density at radius 1 is 1.30 bits per heavy atom.